The van der Waals surface area contributed by atoms with Crippen molar-refractivity contribution in [2.45, 2.75) is 50.3 Å². The van der Waals surface area contributed by atoms with Crippen LogP contribution in [0.15, 0.2) is 75.6 Å². The number of aromatic nitrogens is 1. The highest BCUT2D eigenvalue weighted by Gasteiger charge is 2.21. The second-order valence-electron chi connectivity index (χ2n) is 8.41. The minimum Gasteiger partial charge on any atom is -0.297 e. The molecule has 6 heteroatoms. The summed E-state index contributed by atoms with van der Waals surface area (Å²) in [4.78, 5) is 8.04. The van der Waals surface area contributed by atoms with E-state index in [0.29, 0.717) is 11.8 Å². The zero-order valence-electron chi connectivity index (χ0n) is 18.8. The fraction of sp³-hybridized carbons (Fsp3) is 0.480. The molecule has 1 aromatic carbocycles. The van der Waals surface area contributed by atoms with Crippen LogP contribution in [0.3, 0.4) is 0 Å². The molecule has 1 fully saturated rings. The first kappa shape index (κ1) is 23.6. The van der Waals surface area contributed by atoms with Gasteiger partial charge in [0, 0.05) is 23.3 Å². The molecule has 31 heavy (non-hydrogen) atoms. The third kappa shape index (κ3) is 7.87. The Balaban J connectivity index is 1.40. The molecule has 166 valence electrons. The molecule has 1 saturated heterocycles. The number of azo groups is 1. The Hall–Kier alpha value is -2.02. The smallest absolute Gasteiger partial charge is 0.0723 e. The molecule has 0 radical (unpaired) electrons. The number of hydrogen-bond donors (Lipinski definition) is 1. The highest BCUT2D eigenvalue weighted by atomic mass is 32.2. The number of hydrogen-bond acceptors (Lipinski definition) is 6. The number of nitrogens with zero attached hydrogens (tertiary/aromatic N) is 4. The van der Waals surface area contributed by atoms with Crippen LogP contribution in [0.4, 0.5) is 0 Å². The van der Waals surface area contributed by atoms with Crippen molar-refractivity contribution in [3.63, 3.8) is 0 Å². The van der Waals surface area contributed by atoms with Gasteiger partial charge in [-0.1, -0.05) is 31.2 Å². The topological polar surface area (TPSA) is 66.9 Å². The van der Waals surface area contributed by atoms with E-state index in [1.165, 1.54) is 30.4 Å². The van der Waals surface area contributed by atoms with Gasteiger partial charge in [-0.2, -0.15) is 10.2 Å². The third-order valence-corrected chi connectivity index (χ3v) is 6.51. The van der Waals surface area contributed by atoms with Crippen molar-refractivity contribution in [2.75, 3.05) is 26.2 Å². The van der Waals surface area contributed by atoms with E-state index in [2.05, 4.69) is 70.4 Å². The number of aryl methyl sites for hydroxylation is 1. The molecule has 0 bridgehead atoms. The lowest BCUT2D eigenvalue weighted by atomic mass is 9.89. The van der Waals surface area contributed by atoms with E-state index < -0.39 is 0 Å². The normalized spacial score (nSPS) is 17.3. The second-order valence-corrected chi connectivity index (χ2v) is 9.12. The Bertz CT molecular complexity index is 844. The fourth-order valence-corrected chi connectivity index (χ4v) is 4.34. The maximum absolute atomic E-state index is 5.72. The van der Waals surface area contributed by atoms with Crippen LogP contribution in [-0.4, -0.2) is 36.1 Å². The number of piperidine rings is 1. The van der Waals surface area contributed by atoms with Crippen LogP contribution >= 0.6 is 11.9 Å². The zero-order valence-corrected chi connectivity index (χ0v) is 19.6. The van der Waals surface area contributed by atoms with Crippen molar-refractivity contribution in [1.82, 2.24) is 9.88 Å². The molecular formula is C25H35N5S. The molecule has 5 nitrogen and oxygen atoms in total. The molecule has 0 aliphatic carbocycles. The molecule has 1 aliphatic rings. The predicted molar refractivity (Wildman–Crippen MR) is 130 cm³/mol. The summed E-state index contributed by atoms with van der Waals surface area (Å²) in [7, 11) is 0. The first-order valence-corrected chi connectivity index (χ1v) is 12.2. The van der Waals surface area contributed by atoms with Crippen molar-refractivity contribution in [3.05, 3.63) is 71.7 Å². The average molecular weight is 438 g/mol. The maximum atomic E-state index is 5.72. The molecule has 1 aliphatic heterocycles. The molecule has 0 saturated carbocycles. The molecule has 1 aromatic heterocycles. The van der Waals surface area contributed by atoms with Gasteiger partial charge in [0.25, 0.3) is 0 Å². The van der Waals surface area contributed by atoms with Gasteiger partial charge in [-0.3, -0.25) is 15.0 Å². The number of likely N-dealkylation sites (tertiary alicyclic amines) is 1. The molecule has 2 aromatic rings. The Kier molecular flexibility index (Phi) is 9.72. The standard InChI is InChI=1S/C25H35N5S/c1-3-23(29-28-18-20(2)10-11-24-8-4-5-14-27-24)19-30-15-12-21(13-16-30)22-7-6-9-25(17-22)31-26/h3-9,14,17,20-21H,10-13,15-16,18-19,26H2,1-2H3/b23-3-,29-28?. The van der Waals surface area contributed by atoms with Crippen LogP contribution in [0.5, 0.6) is 0 Å². The van der Waals surface area contributed by atoms with E-state index in [4.69, 9.17) is 5.14 Å². The van der Waals surface area contributed by atoms with Crippen LogP contribution in [0.25, 0.3) is 0 Å². The highest BCUT2D eigenvalue weighted by Crippen LogP contribution is 2.30. The number of rotatable bonds is 10. The second kappa shape index (κ2) is 12.7. The lowest BCUT2D eigenvalue weighted by Crippen LogP contribution is -2.34. The summed E-state index contributed by atoms with van der Waals surface area (Å²) < 4.78 is 0. The predicted octanol–water partition coefficient (Wildman–Crippen LogP) is 5.85. The van der Waals surface area contributed by atoms with Crippen molar-refractivity contribution < 1.29 is 0 Å². The van der Waals surface area contributed by atoms with E-state index in [1.807, 2.05) is 18.3 Å². The summed E-state index contributed by atoms with van der Waals surface area (Å²) >= 11 is 1.33. The SMILES string of the molecule is C/C=C(/CN1CCC(c2cccc(SN)c2)CC1)N=NCC(C)CCc1ccccn1. The van der Waals surface area contributed by atoms with E-state index in [1.54, 1.807) is 0 Å². The monoisotopic (exact) mass is 437 g/mol. The summed E-state index contributed by atoms with van der Waals surface area (Å²) in [5.74, 6) is 1.13. The van der Waals surface area contributed by atoms with Gasteiger partial charge in [-0.15, -0.1) is 0 Å². The van der Waals surface area contributed by atoms with Crippen LogP contribution < -0.4 is 5.14 Å². The van der Waals surface area contributed by atoms with Crippen LogP contribution in [0.2, 0.25) is 0 Å². The maximum Gasteiger partial charge on any atom is 0.0723 e. The van der Waals surface area contributed by atoms with E-state index in [9.17, 15) is 0 Å². The van der Waals surface area contributed by atoms with Gasteiger partial charge in [-0.25, -0.2) is 0 Å². The van der Waals surface area contributed by atoms with E-state index in [-0.39, 0.29) is 0 Å². The minimum atomic E-state index is 0.502. The average Bonchev–Trinajstić information content (AvgIpc) is 2.83. The lowest BCUT2D eigenvalue weighted by molar-refractivity contribution is 0.227. The molecule has 2 heterocycles. The van der Waals surface area contributed by atoms with Crippen LogP contribution in [0, 0.1) is 5.92 Å². The number of allylic oxidation sites excluding steroid dienone is 1. The van der Waals surface area contributed by atoms with E-state index in [0.717, 1.165) is 55.3 Å². The Morgan fingerprint density at radius 1 is 1.26 bits per heavy atom. The molecule has 3 rings (SSSR count). The molecule has 0 spiro atoms. The molecule has 1 atom stereocenters. The third-order valence-electron chi connectivity index (χ3n) is 5.98. The quantitative estimate of drug-likeness (QED) is 0.374. The summed E-state index contributed by atoms with van der Waals surface area (Å²) in [6.07, 6.45) is 8.39. The van der Waals surface area contributed by atoms with Gasteiger partial charge < -0.3 is 0 Å². The molecular weight excluding hydrogens is 402 g/mol. The summed E-state index contributed by atoms with van der Waals surface area (Å²) in [6, 6.07) is 14.8. The number of benzene rings is 1. The largest absolute Gasteiger partial charge is 0.297 e. The van der Waals surface area contributed by atoms with Crippen LogP contribution in [-0.2, 0) is 6.42 Å². The summed E-state index contributed by atoms with van der Waals surface area (Å²) in [5.41, 5.74) is 3.63. The van der Waals surface area contributed by atoms with Gasteiger partial charge in [0.2, 0.25) is 0 Å². The van der Waals surface area contributed by atoms with Crippen LogP contribution in [0.1, 0.15) is 50.3 Å². The molecule has 2 N–H and O–H groups in total. The van der Waals surface area contributed by atoms with Gasteiger partial charge in [0.15, 0.2) is 0 Å². The van der Waals surface area contributed by atoms with Gasteiger partial charge in [0.1, 0.15) is 0 Å². The van der Waals surface area contributed by atoms with Crippen molar-refractivity contribution in [1.29, 1.82) is 0 Å². The molecule has 0 amide bonds. The summed E-state index contributed by atoms with van der Waals surface area (Å²) in [6.45, 7) is 8.13. The zero-order chi connectivity index (χ0) is 21.9. The lowest BCUT2D eigenvalue weighted by Gasteiger charge is -2.32. The van der Waals surface area contributed by atoms with Crippen molar-refractivity contribution in [3.8, 4) is 0 Å². The Morgan fingerprint density at radius 2 is 2.10 bits per heavy atom. The van der Waals surface area contributed by atoms with Gasteiger partial charge in [-0.05, 0) is 99.3 Å². The Labute approximate surface area is 191 Å². The summed E-state index contributed by atoms with van der Waals surface area (Å²) in [5, 5.41) is 14.8. The van der Waals surface area contributed by atoms with E-state index >= 15 is 0 Å². The minimum absolute atomic E-state index is 0.502. The first-order valence-electron chi connectivity index (χ1n) is 11.3. The first-order chi connectivity index (χ1) is 15.2. The van der Waals surface area contributed by atoms with Gasteiger partial charge in [0.05, 0.1) is 12.2 Å². The Morgan fingerprint density at radius 3 is 2.81 bits per heavy atom. The van der Waals surface area contributed by atoms with Gasteiger partial charge >= 0.3 is 0 Å². The van der Waals surface area contributed by atoms with Crippen molar-refractivity contribution >= 4 is 11.9 Å². The molecule has 1 unspecified atom stereocenters. The highest BCUT2D eigenvalue weighted by molar-refractivity contribution is 7.97. The van der Waals surface area contributed by atoms with Crippen molar-refractivity contribution in [2.24, 2.45) is 21.3 Å². The number of nitrogens with two attached hydrogens (primary N) is 1. The fourth-order valence-electron chi connectivity index (χ4n) is 3.98. The number of pyridine rings is 1.